The predicted octanol–water partition coefficient (Wildman–Crippen LogP) is 2.33. The monoisotopic (exact) mass is 493 g/mol. The number of aliphatic hydroxyl groups is 1. The smallest absolute Gasteiger partial charge is 0.337 e. The van der Waals surface area contributed by atoms with Crippen molar-refractivity contribution in [3.05, 3.63) is 59.5 Å². The highest BCUT2D eigenvalue weighted by Gasteiger charge is 2.40. The van der Waals surface area contributed by atoms with Crippen LogP contribution in [-0.4, -0.2) is 55.7 Å². The number of aliphatic hydroxyl groups excluding tert-OH is 1. The second-order valence-electron chi connectivity index (χ2n) is 7.27. The molecule has 0 spiro atoms. The SMILES string of the molecule is COC(=O)C1=CC(C)(N=NC(C(=O)Nc2cccc(S(=O)(=O)O)c2)=C(C)O)C(C(=O)OC)C=C1. The van der Waals surface area contributed by atoms with Crippen LogP contribution in [0.15, 0.2) is 74.6 Å². The molecular formula is C21H23N3O9S. The van der Waals surface area contributed by atoms with Crippen molar-refractivity contribution in [2.75, 3.05) is 19.5 Å². The zero-order valence-corrected chi connectivity index (χ0v) is 19.5. The molecule has 0 saturated heterocycles. The van der Waals surface area contributed by atoms with Gasteiger partial charge in [0, 0.05) is 5.69 Å². The molecule has 2 rings (SSSR count). The number of methoxy groups -OCH3 is 2. The van der Waals surface area contributed by atoms with Crippen LogP contribution >= 0.6 is 0 Å². The number of rotatable bonds is 7. The summed E-state index contributed by atoms with van der Waals surface area (Å²) in [7, 11) is -2.16. The molecule has 0 aromatic heterocycles. The molecule has 0 saturated carbocycles. The number of amides is 1. The first-order chi connectivity index (χ1) is 15.8. The van der Waals surface area contributed by atoms with Crippen LogP contribution in [0.4, 0.5) is 5.69 Å². The van der Waals surface area contributed by atoms with E-state index in [1.165, 1.54) is 58.4 Å². The molecule has 0 radical (unpaired) electrons. The summed E-state index contributed by atoms with van der Waals surface area (Å²) in [6.45, 7) is 2.63. The average Bonchev–Trinajstić information content (AvgIpc) is 2.77. The number of esters is 2. The Morgan fingerprint density at radius 2 is 1.85 bits per heavy atom. The molecule has 0 bridgehead atoms. The predicted molar refractivity (Wildman–Crippen MR) is 118 cm³/mol. The van der Waals surface area contributed by atoms with Gasteiger partial charge in [0.1, 0.15) is 17.2 Å². The summed E-state index contributed by atoms with van der Waals surface area (Å²) < 4.78 is 41.3. The molecule has 2 atom stereocenters. The fraction of sp³-hybridized carbons (Fsp3) is 0.286. The van der Waals surface area contributed by atoms with E-state index in [0.29, 0.717) is 0 Å². The standard InChI is InChI=1S/C21H23N3O9S/c1-12(25)17(18(26)22-14-6-5-7-15(10-14)34(29,30)31)23-24-21(2)11-13(19(27)32-3)8-9-16(21)20(28)33-4/h5-11,16,25H,1-4H3,(H,22,26)(H,29,30,31). The Bertz CT molecular complexity index is 1230. The van der Waals surface area contributed by atoms with Crippen LogP contribution in [0.25, 0.3) is 0 Å². The summed E-state index contributed by atoms with van der Waals surface area (Å²) in [4.78, 5) is 36.5. The topological polar surface area (TPSA) is 181 Å². The Kier molecular flexibility index (Phi) is 8.08. The van der Waals surface area contributed by atoms with E-state index in [1.54, 1.807) is 0 Å². The molecular weight excluding hydrogens is 470 g/mol. The van der Waals surface area contributed by atoms with Crippen LogP contribution in [0, 0.1) is 5.92 Å². The zero-order valence-electron chi connectivity index (χ0n) is 18.7. The number of azo groups is 1. The fourth-order valence-corrected chi connectivity index (χ4v) is 3.52. The number of benzene rings is 1. The molecule has 1 amide bonds. The maximum atomic E-state index is 12.7. The minimum atomic E-state index is -4.51. The van der Waals surface area contributed by atoms with Crippen LogP contribution in [0.5, 0.6) is 0 Å². The van der Waals surface area contributed by atoms with Crippen molar-refractivity contribution < 1.29 is 41.9 Å². The van der Waals surface area contributed by atoms with Crippen LogP contribution in [0.1, 0.15) is 13.8 Å². The molecule has 1 aromatic carbocycles. The number of hydrogen-bond acceptors (Lipinski definition) is 10. The number of carbonyl (C=O) groups excluding carboxylic acids is 3. The second-order valence-corrected chi connectivity index (χ2v) is 8.69. The molecule has 3 N–H and O–H groups in total. The first kappa shape index (κ1) is 26.4. The summed E-state index contributed by atoms with van der Waals surface area (Å²) in [5, 5.41) is 20.2. The van der Waals surface area contributed by atoms with Gasteiger partial charge in [-0.2, -0.15) is 13.5 Å². The van der Waals surface area contributed by atoms with E-state index in [1.807, 2.05) is 0 Å². The summed E-state index contributed by atoms with van der Waals surface area (Å²) in [6, 6.07) is 4.75. The normalized spacial score (nSPS) is 20.9. The van der Waals surface area contributed by atoms with Gasteiger partial charge in [0.15, 0.2) is 5.70 Å². The minimum Gasteiger partial charge on any atom is -0.510 e. The minimum absolute atomic E-state index is 0.0128. The van der Waals surface area contributed by atoms with Crippen molar-refractivity contribution in [2.24, 2.45) is 16.1 Å². The molecule has 0 aliphatic heterocycles. The van der Waals surface area contributed by atoms with Gasteiger partial charge in [-0.3, -0.25) is 14.1 Å². The summed E-state index contributed by atoms with van der Waals surface area (Å²) in [5.41, 5.74) is -1.97. The summed E-state index contributed by atoms with van der Waals surface area (Å²) in [5.74, 6) is -3.88. The Balaban J connectivity index is 2.41. The van der Waals surface area contributed by atoms with Crippen LogP contribution in [0.2, 0.25) is 0 Å². The Morgan fingerprint density at radius 1 is 1.18 bits per heavy atom. The van der Waals surface area contributed by atoms with Gasteiger partial charge in [-0.1, -0.05) is 18.2 Å². The number of anilines is 1. The number of hydrogen-bond donors (Lipinski definition) is 3. The van der Waals surface area contributed by atoms with Gasteiger partial charge >= 0.3 is 11.9 Å². The molecule has 1 aromatic rings. The molecule has 0 fully saturated rings. The van der Waals surface area contributed by atoms with E-state index in [4.69, 9.17) is 9.29 Å². The van der Waals surface area contributed by atoms with Crippen LogP contribution < -0.4 is 5.32 Å². The van der Waals surface area contributed by atoms with Crippen molar-refractivity contribution in [3.8, 4) is 0 Å². The Hall–Kier alpha value is -3.84. The second kappa shape index (κ2) is 10.4. The van der Waals surface area contributed by atoms with Gasteiger partial charge in [0.2, 0.25) is 0 Å². The molecule has 182 valence electrons. The zero-order chi connectivity index (χ0) is 25.7. The summed E-state index contributed by atoms with van der Waals surface area (Å²) >= 11 is 0. The summed E-state index contributed by atoms with van der Waals surface area (Å²) in [6.07, 6.45) is 4.07. The fourth-order valence-electron chi connectivity index (χ4n) is 2.99. The van der Waals surface area contributed by atoms with E-state index in [9.17, 15) is 27.9 Å². The Labute approximate surface area is 195 Å². The third kappa shape index (κ3) is 6.14. The number of nitrogens with zero attached hydrogens (tertiary/aromatic N) is 2. The van der Waals surface area contributed by atoms with Gasteiger partial charge in [0.25, 0.3) is 16.0 Å². The molecule has 1 aliphatic carbocycles. The highest BCUT2D eigenvalue weighted by molar-refractivity contribution is 7.85. The van der Waals surface area contributed by atoms with Crippen LogP contribution in [0.3, 0.4) is 0 Å². The van der Waals surface area contributed by atoms with Gasteiger partial charge in [-0.05, 0) is 38.1 Å². The van der Waals surface area contributed by atoms with Gasteiger partial charge < -0.3 is 19.9 Å². The van der Waals surface area contributed by atoms with E-state index in [-0.39, 0.29) is 11.3 Å². The van der Waals surface area contributed by atoms with E-state index in [0.717, 1.165) is 12.1 Å². The van der Waals surface area contributed by atoms with Gasteiger partial charge in [0.05, 0.1) is 24.7 Å². The maximum absolute atomic E-state index is 12.7. The number of carbonyl (C=O) groups is 3. The van der Waals surface area contributed by atoms with Gasteiger partial charge in [-0.25, -0.2) is 4.79 Å². The highest BCUT2D eigenvalue weighted by atomic mass is 32.2. The molecule has 34 heavy (non-hydrogen) atoms. The third-order valence-electron chi connectivity index (χ3n) is 4.73. The Morgan fingerprint density at radius 3 is 2.41 bits per heavy atom. The van der Waals surface area contributed by atoms with Crippen LogP contribution in [-0.2, 0) is 34.0 Å². The number of allylic oxidation sites excluding steroid dienone is 1. The van der Waals surface area contributed by atoms with Crippen molar-refractivity contribution >= 4 is 33.7 Å². The maximum Gasteiger partial charge on any atom is 0.337 e. The number of nitrogens with one attached hydrogen (secondary N) is 1. The van der Waals surface area contributed by atoms with Crippen molar-refractivity contribution in [2.45, 2.75) is 24.3 Å². The molecule has 13 heteroatoms. The molecule has 0 heterocycles. The molecule has 2 unspecified atom stereocenters. The van der Waals surface area contributed by atoms with E-state index >= 15 is 0 Å². The lowest BCUT2D eigenvalue weighted by Crippen LogP contribution is -2.38. The molecule has 1 aliphatic rings. The van der Waals surface area contributed by atoms with E-state index in [2.05, 4.69) is 20.3 Å². The lowest BCUT2D eigenvalue weighted by molar-refractivity contribution is -0.145. The lowest BCUT2D eigenvalue weighted by Gasteiger charge is -2.29. The highest BCUT2D eigenvalue weighted by Crippen LogP contribution is 2.33. The third-order valence-corrected chi connectivity index (χ3v) is 5.58. The molecule has 12 nitrogen and oxygen atoms in total. The largest absolute Gasteiger partial charge is 0.510 e. The van der Waals surface area contributed by atoms with E-state index < -0.39 is 55.8 Å². The quantitative estimate of drug-likeness (QED) is 0.169. The first-order valence-electron chi connectivity index (χ1n) is 9.61. The van der Waals surface area contributed by atoms with Crippen molar-refractivity contribution in [3.63, 3.8) is 0 Å². The van der Waals surface area contributed by atoms with Crippen molar-refractivity contribution in [1.29, 1.82) is 0 Å². The van der Waals surface area contributed by atoms with Crippen molar-refractivity contribution in [1.82, 2.24) is 0 Å². The first-order valence-corrected chi connectivity index (χ1v) is 11.0. The number of ether oxygens (including phenoxy) is 2. The average molecular weight is 493 g/mol. The van der Waals surface area contributed by atoms with Gasteiger partial charge in [-0.15, -0.1) is 5.11 Å². The lowest BCUT2D eigenvalue weighted by atomic mass is 9.80.